The van der Waals surface area contributed by atoms with E-state index in [1.165, 1.54) is 23.0 Å². The molecule has 0 aromatic heterocycles. The number of rotatable bonds is 6. The predicted octanol–water partition coefficient (Wildman–Crippen LogP) is 0.00440. The molecule has 0 aromatic rings. The molecule has 2 heterocycles. The largest absolute Gasteiger partial charge is 0.477 e. The summed E-state index contributed by atoms with van der Waals surface area (Å²) in [5, 5.41) is 19.2. The highest BCUT2D eigenvalue weighted by Crippen LogP contribution is 2.44. The van der Waals surface area contributed by atoms with Gasteiger partial charge >= 0.3 is 5.97 Å². The van der Waals surface area contributed by atoms with Gasteiger partial charge in [0.1, 0.15) is 5.70 Å². The number of amides is 1. The number of hydrogen-bond donors (Lipinski definition) is 3. The van der Waals surface area contributed by atoms with Crippen molar-refractivity contribution in [1.29, 1.82) is 0 Å². The maximum atomic E-state index is 12.1. The van der Waals surface area contributed by atoms with Crippen LogP contribution in [0.1, 0.15) is 19.8 Å². The van der Waals surface area contributed by atoms with E-state index in [0.29, 0.717) is 23.6 Å². The van der Waals surface area contributed by atoms with Crippen LogP contribution in [-0.2, 0) is 9.59 Å². The third kappa shape index (κ3) is 3.06. The third-order valence-corrected chi connectivity index (χ3v) is 4.92. The molecule has 0 radical (unpaired) electrons. The lowest BCUT2D eigenvalue weighted by Crippen LogP contribution is -2.35. The standard InChI is InChI=1S/C13H19N3O4S/c1-7(17)8-4-11(18)16-9(8)5-10(12(16)13(19)20)21-3-2-15-6-14/h6-9,17H,2-5H2,1H3,(H2,14,15)(H,19,20)/t7-,8-,9-/m1/s1. The molecule has 116 valence electrons. The Balaban J connectivity index is 2.18. The summed E-state index contributed by atoms with van der Waals surface area (Å²) in [6.45, 7) is 2.14. The summed E-state index contributed by atoms with van der Waals surface area (Å²) in [5.41, 5.74) is 5.22. The summed E-state index contributed by atoms with van der Waals surface area (Å²) in [4.78, 5) is 29.5. The Bertz CT molecular complexity index is 504. The van der Waals surface area contributed by atoms with Crippen molar-refractivity contribution in [3.8, 4) is 0 Å². The first-order valence-corrected chi connectivity index (χ1v) is 7.75. The van der Waals surface area contributed by atoms with Gasteiger partial charge in [0.15, 0.2) is 0 Å². The second-order valence-electron chi connectivity index (χ2n) is 5.12. The van der Waals surface area contributed by atoms with Crippen LogP contribution in [-0.4, -0.2) is 57.8 Å². The second-order valence-corrected chi connectivity index (χ2v) is 6.31. The van der Waals surface area contributed by atoms with Gasteiger partial charge in [-0.15, -0.1) is 11.8 Å². The smallest absolute Gasteiger partial charge is 0.353 e. The van der Waals surface area contributed by atoms with E-state index in [2.05, 4.69) is 4.99 Å². The van der Waals surface area contributed by atoms with E-state index in [-0.39, 0.29) is 30.0 Å². The van der Waals surface area contributed by atoms with Crippen LogP contribution < -0.4 is 5.73 Å². The molecule has 0 saturated carbocycles. The molecule has 7 nitrogen and oxygen atoms in total. The average Bonchev–Trinajstić information content (AvgIpc) is 2.92. The summed E-state index contributed by atoms with van der Waals surface area (Å²) >= 11 is 1.39. The Morgan fingerprint density at radius 3 is 2.90 bits per heavy atom. The number of hydrogen-bond acceptors (Lipinski definition) is 5. The maximum Gasteiger partial charge on any atom is 0.353 e. The van der Waals surface area contributed by atoms with Crippen LogP contribution in [0.3, 0.4) is 0 Å². The Kier molecular flexibility index (Phi) is 4.89. The Morgan fingerprint density at radius 2 is 2.33 bits per heavy atom. The molecule has 0 unspecified atom stereocenters. The number of aliphatic imine (C=N–C) groups is 1. The van der Waals surface area contributed by atoms with Crippen LogP contribution in [0.2, 0.25) is 0 Å². The van der Waals surface area contributed by atoms with Gasteiger partial charge in [-0.05, 0) is 6.92 Å². The Labute approximate surface area is 126 Å². The van der Waals surface area contributed by atoms with Gasteiger partial charge in [-0.2, -0.15) is 0 Å². The van der Waals surface area contributed by atoms with E-state index in [0.717, 1.165) is 0 Å². The molecule has 1 fully saturated rings. The second kappa shape index (κ2) is 6.48. The van der Waals surface area contributed by atoms with Crippen molar-refractivity contribution in [1.82, 2.24) is 4.90 Å². The number of aliphatic carboxylic acids is 1. The summed E-state index contributed by atoms with van der Waals surface area (Å²) in [6, 6.07) is -0.246. The number of fused-ring (bicyclic) bond motifs is 1. The van der Waals surface area contributed by atoms with Crippen LogP contribution in [0.4, 0.5) is 0 Å². The van der Waals surface area contributed by atoms with Crippen LogP contribution >= 0.6 is 11.8 Å². The van der Waals surface area contributed by atoms with Gasteiger partial charge in [0, 0.05) is 35.5 Å². The number of nitrogens with two attached hydrogens (primary N) is 1. The third-order valence-electron chi connectivity index (χ3n) is 3.83. The fourth-order valence-corrected chi connectivity index (χ4v) is 3.96. The fraction of sp³-hybridized carbons (Fsp3) is 0.615. The number of nitrogens with zero attached hydrogens (tertiary/aromatic N) is 2. The molecule has 8 heteroatoms. The van der Waals surface area contributed by atoms with Crippen molar-refractivity contribution in [3.63, 3.8) is 0 Å². The van der Waals surface area contributed by atoms with Crippen molar-refractivity contribution in [3.05, 3.63) is 10.6 Å². The van der Waals surface area contributed by atoms with Crippen molar-refractivity contribution < 1.29 is 19.8 Å². The van der Waals surface area contributed by atoms with Gasteiger partial charge < -0.3 is 20.8 Å². The predicted molar refractivity (Wildman–Crippen MR) is 79.7 cm³/mol. The van der Waals surface area contributed by atoms with E-state index < -0.39 is 12.1 Å². The van der Waals surface area contributed by atoms with Gasteiger partial charge in [-0.25, -0.2) is 4.79 Å². The van der Waals surface area contributed by atoms with Crippen LogP contribution in [0.15, 0.2) is 15.6 Å². The molecule has 0 spiro atoms. The number of carboxylic acid groups (broad SMARTS) is 1. The molecule has 2 aliphatic rings. The monoisotopic (exact) mass is 313 g/mol. The van der Waals surface area contributed by atoms with E-state index in [9.17, 15) is 19.8 Å². The molecule has 21 heavy (non-hydrogen) atoms. The van der Waals surface area contributed by atoms with Gasteiger partial charge in [-0.3, -0.25) is 9.79 Å². The Morgan fingerprint density at radius 1 is 1.62 bits per heavy atom. The molecular weight excluding hydrogens is 294 g/mol. The fourth-order valence-electron chi connectivity index (χ4n) is 2.90. The number of carbonyl (C=O) groups is 2. The first kappa shape index (κ1) is 15.8. The zero-order valence-corrected chi connectivity index (χ0v) is 12.5. The van der Waals surface area contributed by atoms with E-state index in [1.807, 2.05) is 0 Å². The van der Waals surface area contributed by atoms with Crippen molar-refractivity contribution >= 4 is 30.0 Å². The lowest BCUT2D eigenvalue weighted by molar-refractivity contribution is -0.138. The number of thioether (sulfide) groups is 1. The molecule has 2 rings (SSSR count). The van der Waals surface area contributed by atoms with Crippen molar-refractivity contribution in [2.24, 2.45) is 16.6 Å². The number of carbonyl (C=O) groups excluding carboxylic acids is 1. The van der Waals surface area contributed by atoms with Gasteiger partial charge in [0.05, 0.1) is 19.0 Å². The lowest BCUT2D eigenvalue weighted by Gasteiger charge is -2.23. The minimum Gasteiger partial charge on any atom is -0.477 e. The van der Waals surface area contributed by atoms with Crippen molar-refractivity contribution in [2.45, 2.75) is 31.9 Å². The van der Waals surface area contributed by atoms with Gasteiger partial charge in [0.2, 0.25) is 5.91 Å². The molecule has 0 aliphatic carbocycles. The molecule has 1 amide bonds. The number of aliphatic hydroxyl groups excluding tert-OH is 1. The average molecular weight is 313 g/mol. The Hall–Kier alpha value is -1.54. The number of aliphatic hydroxyl groups is 1. The van der Waals surface area contributed by atoms with Crippen LogP contribution in [0.25, 0.3) is 0 Å². The molecule has 0 aromatic carbocycles. The topological polar surface area (TPSA) is 116 Å². The molecule has 0 bridgehead atoms. The first-order valence-electron chi connectivity index (χ1n) is 6.76. The first-order chi connectivity index (χ1) is 9.97. The molecule has 4 N–H and O–H groups in total. The molecule has 1 saturated heterocycles. The minimum absolute atomic E-state index is 0.0647. The zero-order chi connectivity index (χ0) is 15.6. The highest BCUT2D eigenvalue weighted by atomic mass is 32.2. The number of carboxylic acids is 1. The lowest BCUT2D eigenvalue weighted by atomic mass is 9.93. The molecule has 2 aliphatic heterocycles. The zero-order valence-electron chi connectivity index (χ0n) is 11.7. The highest BCUT2D eigenvalue weighted by Gasteiger charge is 2.50. The van der Waals surface area contributed by atoms with E-state index in [4.69, 9.17) is 5.73 Å². The van der Waals surface area contributed by atoms with E-state index in [1.54, 1.807) is 6.92 Å². The quantitative estimate of drug-likeness (QED) is 0.361. The van der Waals surface area contributed by atoms with Crippen LogP contribution in [0.5, 0.6) is 0 Å². The van der Waals surface area contributed by atoms with Gasteiger partial charge in [0.25, 0.3) is 0 Å². The molecule has 3 atom stereocenters. The maximum absolute atomic E-state index is 12.1. The van der Waals surface area contributed by atoms with E-state index >= 15 is 0 Å². The normalized spacial score (nSPS) is 26.8. The highest BCUT2D eigenvalue weighted by molar-refractivity contribution is 8.03. The van der Waals surface area contributed by atoms with Crippen LogP contribution in [0, 0.1) is 5.92 Å². The summed E-state index contributed by atoms with van der Waals surface area (Å²) < 4.78 is 0. The summed E-state index contributed by atoms with van der Waals surface area (Å²) in [7, 11) is 0. The molecular formula is C13H19N3O4S. The van der Waals surface area contributed by atoms with Crippen molar-refractivity contribution in [2.75, 3.05) is 12.3 Å². The SMILES string of the molecule is C[C@@H](O)[C@H]1CC(=O)N2C(C(=O)O)=C(SCCN=CN)C[C@H]12. The summed E-state index contributed by atoms with van der Waals surface area (Å²) in [5.74, 6) is -0.929. The summed E-state index contributed by atoms with van der Waals surface area (Å²) in [6.07, 6.45) is 1.27. The van der Waals surface area contributed by atoms with Gasteiger partial charge in [-0.1, -0.05) is 0 Å². The minimum atomic E-state index is -1.10.